The lowest BCUT2D eigenvalue weighted by Crippen LogP contribution is -2.42. The molecule has 1 aliphatic rings. The zero-order valence-corrected chi connectivity index (χ0v) is 10.8. The zero-order chi connectivity index (χ0) is 12.4. The van der Waals surface area contributed by atoms with E-state index in [0.29, 0.717) is 12.1 Å². The minimum atomic E-state index is -0.129. The molecule has 1 heterocycles. The van der Waals surface area contributed by atoms with Crippen molar-refractivity contribution in [3.05, 3.63) is 29.6 Å². The van der Waals surface area contributed by atoms with Crippen LogP contribution >= 0.6 is 0 Å². The third-order valence-electron chi connectivity index (χ3n) is 3.84. The molecular formula is C14H21FN2. The van der Waals surface area contributed by atoms with Gasteiger partial charge < -0.3 is 10.2 Å². The number of hydrogen-bond acceptors (Lipinski definition) is 2. The molecule has 2 rings (SSSR count). The van der Waals surface area contributed by atoms with E-state index in [9.17, 15) is 4.39 Å². The Labute approximate surface area is 103 Å². The van der Waals surface area contributed by atoms with Crippen LogP contribution in [0.4, 0.5) is 10.1 Å². The van der Waals surface area contributed by atoms with Crippen molar-refractivity contribution in [3.8, 4) is 0 Å². The third-order valence-corrected chi connectivity index (χ3v) is 3.84. The molecule has 1 saturated heterocycles. The topological polar surface area (TPSA) is 15.3 Å². The van der Waals surface area contributed by atoms with Gasteiger partial charge in [-0.25, -0.2) is 4.39 Å². The minimum absolute atomic E-state index is 0.129. The zero-order valence-electron chi connectivity index (χ0n) is 10.8. The Morgan fingerprint density at radius 2 is 2.18 bits per heavy atom. The highest BCUT2D eigenvalue weighted by Gasteiger charge is 2.22. The second-order valence-corrected chi connectivity index (χ2v) is 5.11. The largest absolute Gasteiger partial charge is 0.382 e. The number of likely N-dealkylation sites (tertiary alicyclic amines) is 1. The number of hydrogen-bond donors (Lipinski definition) is 1. The van der Waals surface area contributed by atoms with Gasteiger partial charge >= 0.3 is 0 Å². The van der Waals surface area contributed by atoms with Gasteiger partial charge in [-0.1, -0.05) is 6.07 Å². The molecular weight excluding hydrogens is 215 g/mol. The van der Waals surface area contributed by atoms with Crippen LogP contribution in [0.5, 0.6) is 0 Å². The van der Waals surface area contributed by atoms with E-state index in [2.05, 4.69) is 24.2 Å². The maximum Gasteiger partial charge on any atom is 0.128 e. The average Bonchev–Trinajstić information content (AvgIpc) is 2.30. The molecule has 1 N–H and O–H groups in total. The Morgan fingerprint density at radius 3 is 2.88 bits per heavy atom. The molecule has 0 aromatic heterocycles. The van der Waals surface area contributed by atoms with Gasteiger partial charge in [-0.3, -0.25) is 0 Å². The van der Waals surface area contributed by atoms with Gasteiger partial charge in [-0.2, -0.15) is 0 Å². The molecule has 17 heavy (non-hydrogen) atoms. The maximum absolute atomic E-state index is 13.4. The highest BCUT2D eigenvalue weighted by molar-refractivity contribution is 5.51. The van der Waals surface area contributed by atoms with E-state index in [-0.39, 0.29) is 5.82 Å². The molecule has 1 aromatic carbocycles. The summed E-state index contributed by atoms with van der Waals surface area (Å²) < 4.78 is 13.4. The van der Waals surface area contributed by atoms with E-state index >= 15 is 0 Å². The van der Waals surface area contributed by atoms with E-state index in [1.807, 2.05) is 13.0 Å². The van der Waals surface area contributed by atoms with Crippen LogP contribution in [-0.2, 0) is 0 Å². The monoisotopic (exact) mass is 236 g/mol. The number of nitrogens with one attached hydrogen (secondary N) is 1. The minimum Gasteiger partial charge on any atom is -0.382 e. The van der Waals surface area contributed by atoms with Gasteiger partial charge in [0.25, 0.3) is 0 Å². The number of benzene rings is 1. The Balaban J connectivity index is 2.04. The fourth-order valence-corrected chi connectivity index (χ4v) is 2.40. The Morgan fingerprint density at radius 1 is 1.41 bits per heavy atom. The van der Waals surface area contributed by atoms with Crippen LogP contribution in [0.25, 0.3) is 0 Å². The van der Waals surface area contributed by atoms with Crippen molar-refractivity contribution >= 4 is 5.69 Å². The summed E-state index contributed by atoms with van der Waals surface area (Å²) in [5.74, 6) is -0.129. The molecule has 0 bridgehead atoms. The molecule has 1 fully saturated rings. The van der Waals surface area contributed by atoms with Crippen molar-refractivity contribution in [1.29, 1.82) is 0 Å². The van der Waals surface area contributed by atoms with Crippen LogP contribution < -0.4 is 5.32 Å². The van der Waals surface area contributed by atoms with Crippen LogP contribution in [0.2, 0.25) is 0 Å². The summed E-state index contributed by atoms with van der Waals surface area (Å²) in [5, 5.41) is 3.47. The van der Waals surface area contributed by atoms with E-state index < -0.39 is 0 Å². The summed E-state index contributed by atoms with van der Waals surface area (Å²) in [6, 6.07) is 6.29. The first-order valence-corrected chi connectivity index (χ1v) is 6.30. The molecule has 0 aliphatic carbocycles. The number of rotatable bonds is 2. The first-order valence-electron chi connectivity index (χ1n) is 6.30. The lowest BCUT2D eigenvalue weighted by Gasteiger charge is -2.36. The normalized spacial score (nSPS) is 25.9. The predicted octanol–water partition coefficient (Wildman–Crippen LogP) is 3.03. The smallest absolute Gasteiger partial charge is 0.128 e. The summed E-state index contributed by atoms with van der Waals surface area (Å²) in [6.07, 6.45) is 2.24. The molecule has 2 atom stereocenters. The van der Waals surface area contributed by atoms with E-state index in [4.69, 9.17) is 0 Å². The summed E-state index contributed by atoms with van der Waals surface area (Å²) in [4.78, 5) is 2.37. The van der Waals surface area contributed by atoms with Gasteiger partial charge in [0.05, 0.1) is 0 Å². The molecule has 0 radical (unpaired) electrons. The third kappa shape index (κ3) is 2.78. The van der Waals surface area contributed by atoms with Gasteiger partial charge in [0.2, 0.25) is 0 Å². The van der Waals surface area contributed by atoms with Crippen LogP contribution in [0.3, 0.4) is 0 Å². The summed E-state index contributed by atoms with van der Waals surface area (Å²) in [5.41, 5.74) is 1.66. The molecule has 0 saturated carbocycles. The highest BCUT2D eigenvalue weighted by Crippen LogP contribution is 2.23. The van der Waals surface area contributed by atoms with Crippen molar-refractivity contribution in [2.24, 2.45) is 0 Å². The van der Waals surface area contributed by atoms with Crippen LogP contribution in [-0.4, -0.2) is 30.6 Å². The van der Waals surface area contributed by atoms with Crippen LogP contribution in [0, 0.1) is 12.7 Å². The number of nitrogens with zero attached hydrogens (tertiary/aromatic N) is 1. The van der Waals surface area contributed by atoms with Crippen molar-refractivity contribution in [2.75, 3.05) is 18.9 Å². The fourth-order valence-electron chi connectivity index (χ4n) is 2.40. The van der Waals surface area contributed by atoms with Gasteiger partial charge in [-0.05, 0) is 45.9 Å². The first-order chi connectivity index (χ1) is 8.08. The highest BCUT2D eigenvalue weighted by atomic mass is 19.1. The predicted molar refractivity (Wildman–Crippen MR) is 69.9 cm³/mol. The van der Waals surface area contributed by atoms with E-state index in [1.54, 1.807) is 6.07 Å². The lowest BCUT2D eigenvalue weighted by atomic mass is 9.98. The standard InChI is InChI=1S/C14H21FN2/c1-10-9-12(7-8-17(10)3)16-14-6-4-5-13(15)11(14)2/h4-6,10,12,16H,7-9H2,1-3H3. The van der Waals surface area contributed by atoms with Crippen molar-refractivity contribution in [2.45, 2.75) is 38.8 Å². The molecule has 2 nitrogen and oxygen atoms in total. The van der Waals surface area contributed by atoms with Crippen molar-refractivity contribution in [1.82, 2.24) is 4.90 Å². The summed E-state index contributed by atoms with van der Waals surface area (Å²) >= 11 is 0. The quantitative estimate of drug-likeness (QED) is 0.849. The van der Waals surface area contributed by atoms with Gasteiger partial charge in [0.15, 0.2) is 0 Å². The molecule has 94 valence electrons. The number of halogens is 1. The molecule has 2 unspecified atom stereocenters. The second kappa shape index (κ2) is 5.05. The lowest BCUT2D eigenvalue weighted by molar-refractivity contribution is 0.190. The Bertz CT molecular complexity index is 392. The number of anilines is 1. The van der Waals surface area contributed by atoms with Crippen LogP contribution in [0.1, 0.15) is 25.3 Å². The molecule has 0 spiro atoms. The summed E-state index contributed by atoms with van der Waals surface area (Å²) in [6.45, 7) is 5.18. The number of piperidine rings is 1. The molecule has 1 aromatic rings. The van der Waals surface area contributed by atoms with Crippen molar-refractivity contribution < 1.29 is 4.39 Å². The fraction of sp³-hybridized carbons (Fsp3) is 0.571. The molecule has 0 amide bonds. The Kier molecular flexibility index (Phi) is 3.67. The molecule has 3 heteroatoms. The summed E-state index contributed by atoms with van der Waals surface area (Å²) in [7, 11) is 2.16. The van der Waals surface area contributed by atoms with E-state index in [0.717, 1.165) is 30.6 Å². The SMILES string of the molecule is Cc1c(F)cccc1NC1CCN(C)C(C)C1. The molecule has 1 aliphatic heterocycles. The van der Waals surface area contributed by atoms with Crippen LogP contribution in [0.15, 0.2) is 18.2 Å². The van der Waals surface area contributed by atoms with E-state index in [1.165, 1.54) is 6.07 Å². The maximum atomic E-state index is 13.4. The van der Waals surface area contributed by atoms with Crippen molar-refractivity contribution in [3.63, 3.8) is 0 Å². The average molecular weight is 236 g/mol. The van der Waals surface area contributed by atoms with Gasteiger partial charge in [0.1, 0.15) is 5.82 Å². The van der Waals surface area contributed by atoms with Gasteiger partial charge in [0, 0.05) is 29.9 Å². The second-order valence-electron chi connectivity index (χ2n) is 5.11. The van der Waals surface area contributed by atoms with Gasteiger partial charge in [-0.15, -0.1) is 0 Å². The first kappa shape index (κ1) is 12.4. The Hall–Kier alpha value is -1.09.